The zero-order valence-corrected chi connectivity index (χ0v) is 20.7. The number of imidazole rings is 1. The molecule has 0 aliphatic carbocycles. The summed E-state index contributed by atoms with van der Waals surface area (Å²) in [5.41, 5.74) is 3.93. The van der Waals surface area contributed by atoms with E-state index in [0.29, 0.717) is 50.0 Å². The molecule has 10 heteroatoms. The first-order chi connectivity index (χ1) is 17.3. The molecule has 36 heavy (non-hydrogen) atoms. The number of nitrogens with one attached hydrogen (secondary N) is 3. The second-order valence-electron chi connectivity index (χ2n) is 8.39. The molecule has 4 aromatic rings. The van der Waals surface area contributed by atoms with Crippen LogP contribution in [-0.4, -0.2) is 40.2 Å². The minimum absolute atomic E-state index is 0.136. The lowest BCUT2D eigenvalue weighted by atomic mass is 9.99. The minimum Gasteiger partial charge on any atom is -0.358 e. The van der Waals surface area contributed by atoms with Gasteiger partial charge in [-0.05, 0) is 42.0 Å². The molecular weight excluding hydrogens is 501 g/mol. The highest BCUT2D eigenvalue weighted by molar-refractivity contribution is 6.32. The van der Waals surface area contributed by atoms with Gasteiger partial charge in [0.1, 0.15) is 12.6 Å². The lowest BCUT2D eigenvalue weighted by molar-refractivity contribution is -0.121. The van der Waals surface area contributed by atoms with E-state index in [1.165, 1.54) is 11.6 Å². The molecule has 0 radical (unpaired) electrons. The molecule has 1 atom stereocenters. The van der Waals surface area contributed by atoms with E-state index in [1.54, 1.807) is 36.4 Å². The van der Waals surface area contributed by atoms with Crippen molar-refractivity contribution < 1.29 is 9.59 Å². The Kier molecular flexibility index (Phi) is 6.38. The molecular formula is C26H21Cl2N5O3. The van der Waals surface area contributed by atoms with Crippen LogP contribution in [0.5, 0.6) is 0 Å². The summed E-state index contributed by atoms with van der Waals surface area (Å²) in [5.74, 6) is -0.574. The van der Waals surface area contributed by atoms with Gasteiger partial charge in [-0.25, -0.2) is 4.79 Å². The van der Waals surface area contributed by atoms with Crippen LogP contribution < -0.4 is 16.3 Å². The maximum atomic E-state index is 13.2. The van der Waals surface area contributed by atoms with Gasteiger partial charge in [-0.3, -0.25) is 19.1 Å². The lowest BCUT2D eigenvalue weighted by Gasteiger charge is -2.12. The van der Waals surface area contributed by atoms with Gasteiger partial charge in [-0.1, -0.05) is 47.5 Å². The number of halogens is 2. The molecule has 5 rings (SSSR count). The molecule has 182 valence electrons. The van der Waals surface area contributed by atoms with E-state index in [2.05, 4.69) is 15.6 Å². The van der Waals surface area contributed by atoms with Gasteiger partial charge in [0.2, 0.25) is 11.8 Å². The van der Waals surface area contributed by atoms with E-state index in [4.69, 9.17) is 28.2 Å². The third-order valence-corrected chi connectivity index (χ3v) is 6.69. The van der Waals surface area contributed by atoms with E-state index in [9.17, 15) is 14.4 Å². The highest BCUT2D eigenvalue weighted by Crippen LogP contribution is 2.29. The van der Waals surface area contributed by atoms with Crippen LogP contribution in [0, 0.1) is 0 Å². The third-order valence-electron chi connectivity index (χ3n) is 6.08. The number of aromatic amines is 1. The summed E-state index contributed by atoms with van der Waals surface area (Å²) in [6.45, 7) is -0.136. The highest BCUT2D eigenvalue weighted by Gasteiger charge is 2.27. The fourth-order valence-corrected chi connectivity index (χ4v) is 4.63. The van der Waals surface area contributed by atoms with Crippen LogP contribution in [0.1, 0.15) is 16.7 Å². The predicted molar refractivity (Wildman–Crippen MR) is 141 cm³/mol. The van der Waals surface area contributed by atoms with Crippen molar-refractivity contribution in [1.29, 1.82) is 0 Å². The summed E-state index contributed by atoms with van der Waals surface area (Å²) in [4.78, 5) is 45.4. The summed E-state index contributed by atoms with van der Waals surface area (Å²) in [7, 11) is 1.51. The normalized spacial score (nSPS) is 15.1. The van der Waals surface area contributed by atoms with Gasteiger partial charge in [0.15, 0.2) is 0 Å². The first-order valence-electron chi connectivity index (χ1n) is 11.2. The summed E-state index contributed by atoms with van der Waals surface area (Å²) >= 11 is 12.7. The van der Waals surface area contributed by atoms with Crippen molar-refractivity contribution in [2.45, 2.75) is 19.0 Å². The number of fused-ring (bicyclic) bond motifs is 2. The van der Waals surface area contributed by atoms with Crippen molar-refractivity contribution in [2.24, 2.45) is 4.99 Å². The third kappa shape index (κ3) is 4.53. The number of benzene rings is 3. The molecule has 1 unspecified atom stereocenters. The Bertz CT molecular complexity index is 1600. The van der Waals surface area contributed by atoms with Gasteiger partial charge in [0, 0.05) is 34.6 Å². The van der Waals surface area contributed by atoms with Gasteiger partial charge in [-0.2, -0.15) is 0 Å². The maximum Gasteiger partial charge on any atom is 0.326 e. The smallest absolute Gasteiger partial charge is 0.326 e. The standard InChI is InChI=1S/C26H21Cl2N5O3/c1-29-23(34)13-33-22-11-15(6-8-20(22)32-26(33)36)24-17-12-16(27)7-9-19(17)31-25(35)21(30-24)10-14-4-2-3-5-18(14)28/h2-9,11-12,21H,10,13H2,1H3,(H,29,34)(H,31,35)(H,32,36). The molecule has 3 aromatic carbocycles. The number of hydrogen-bond donors (Lipinski definition) is 3. The van der Waals surface area contributed by atoms with Gasteiger partial charge >= 0.3 is 5.69 Å². The van der Waals surface area contributed by atoms with E-state index in [1.807, 2.05) is 24.3 Å². The molecule has 2 amide bonds. The van der Waals surface area contributed by atoms with E-state index >= 15 is 0 Å². The number of amides is 2. The van der Waals surface area contributed by atoms with Crippen molar-refractivity contribution in [3.05, 3.63) is 97.9 Å². The Morgan fingerprint density at radius 2 is 1.89 bits per heavy atom. The number of likely N-dealkylation sites (N-methyl/N-ethyl adjacent to an activating group) is 1. The Balaban J connectivity index is 1.67. The van der Waals surface area contributed by atoms with Crippen molar-refractivity contribution in [3.8, 4) is 0 Å². The highest BCUT2D eigenvalue weighted by atomic mass is 35.5. The molecule has 2 heterocycles. The molecule has 0 saturated carbocycles. The number of aliphatic imine (C=N–C) groups is 1. The van der Waals surface area contributed by atoms with E-state index in [-0.39, 0.29) is 18.4 Å². The van der Waals surface area contributed by atoms with E-state index < -0.39 is 11.7 Å². The average Bonchev–Trinajstić information content (AvgIpc) is 3.10. The molecule has 1 aromatic heterocycles. The van der Waals surface area contributed by atoms with Crippen LogP contribution in [0.4, 0.5) is 5.69 Å². The number of aromatic nitrogens is 2. The Morgan fingerprint density at radius 1 is 1.08 bits per heavy atom. The maximum absolute atomic E-state index is 13.2. The molecule has 1 aliphatic heterocycles. The Morgan fingerprint density at radius 3 is 2.67 bits per heavy atom. The van der Waals surface area contributed by atoms with Gasteiger partial charge in [-0.15, -0.1) is 0 Å². The van der Waals surface area contributed by atoms with Crippen molar-refractivity contribution in [1.82, 2.24) is 14.9 Å². The Labute approximate surface area is 216 Å². The molecule has 0 spiro atoms. The SMILES string of the molecule is CNC(=O)Cn1c(=O)[nH]c2ccc(C3=NC(Cc4ccccc4Cl)C(=O)Nc4ccc(Cl)cc43)cc21. The number of anilines is 1. The number of carbonyl (C=O) groups is 2. The molecule has 1 aliphatic rings. The van der Waals surface area contributed by atoms with Crippen LogP contribution in [-0.2, 0) is 22.6 Å². The second-order valence-corrected chi connectivity index (χ2v) is 9.23. The monoisotopic (exact) mass is 521 g/mol. The number of rotatable bonds is 5. The summed E-state index contributed by atoms with van der Waals surface area (Å²) in [6.07, 6.45) is 0.296. The zero-order valence-electron chi connectivity index (χ0n) is 19.1. The van der Waals surface area contributed by atoms with Gasteiger partial charge in [0.05, 0.1) is 22.4 Å². The van der Waals surface area contributed by atoms with Gasteiger partial charge < -0.3 is 15.6 Å². The molecule has 8 nitrogen and oxygen atoms in total. The lowest BCUT2D eigenvalue weighted by Crippen LogP contribution is -2.28. The number of nitrogens with zero attached hydrogens (tertiary/aromatic N) is 2. The van der Waals surface area contributed by atoms with Crippen molar-refractivity contribution in [3.63, 3.8) is 0 Å². The molecule has 3 N–H and O–H groups in total. The molecule has 0 saturated heterocycles. The zero-order chi connectivity index (χ0) is 25.4. The average molecular weight is 522 g/mol. The van der Waals surface area contributed by atoms with Crippen LogP contribution >= 0.6 is 23.2 Å². The Hall–Kier alpha value is -3.88. The predicted octanol–water partition coefficient (Wildman–Crippen LogP) is 3.78. The molecule has 0 fully saturated rings. The number of hydrogen-bond acceptors (Lipinski definition) is 4. The van der Waals surface area contributed by atoms with Crippen LogP contribution in [0.15, 0.2) is 70.5 Å². The summed E-state index contributed by atoms with van der Waals surface area (Å²) in [6, 6.07) is 17.1. The minimum atomic E-state index is -0.763. The van der Waals surface area contributed by atoms with Crippen LogP contribution in [0.3, 0.4) is 0 Å². The first kappa shape index (κ1) is 23.8. The second kappa shape index (κ2) is 9.64. The topological polar surface area (TPSA) is 108 Å². The quantitative estimate of drug-likeness (QED) is 0.371. The number of carbonyl (C=O) groups excluding carboxylic acids is 2. The van der Waals surface area contributed by atoms with Crippen LogP contribution in [0.2, 0.25) is 10.0 Å². The summed E-state index contributed by atoms with van der Waals surface area (Å²) < 4.78 is 1.36. The van der Waals surface area contributed by atoms with Crippen molar-refractivity contribution >= 4 is 57.4 Å². The fraction of sp³-hybridized carbons (Fsp3) is 0.154. The van der Waals surface area contributed by atoms with Crippen LogP contribution in [0.25, 0.3) is 11.0 Å². The number of H-pyrrole nitrogens is 1. The fourth-order valence-electron chi connectivity index (χ4n) is 4.24. The van der Waals surface area contributed by atoms with Gasteiger partial charge in [0.25, 0.3) is 0 Å². The number of benzodiazepines with no additional fused rings is 1. The largest absolute Gasteiger partial charge is 0.358 e. The summed E-state index contributed by atoms with van der Waals surface area (Å²) in [5, 5.41) is 6.53. The van der Waals surface area contributed by atoms with E-state index in [0.717, 1.165) is 5.56 Å². The van der Waals surface area contributed by atoms with Crippen molar-refractivity contribution in [2.75, 3.05) is 12.4 Å². The molecule has 0 bridgehead atoms. The first-order valence-corrected chi connectivity index (χ1v) is 11.9.